The number of esters is 1. The molecule has 112 valence electrons. The first kappa shape index (κ1) is 15.8. The van der Waals surface area contributed by atoms with Gasteiger partial charge in [0.15, 0.2) is 11.5 Å². The molecule has 0 fully saturated rings. The Morgan fingerprint density at radius 3 is 2.64 bits per heavy atom. The number of hydrogen-bond donors (Lipinski definition) is 1. The number of Topliss-reactive ketones (excluding diaryl/α,β-unsaturated/α-hetero) is 1. The fourth-order valence-electron chi connectivity index (χ4n) is 2.14. The zero-order valence-corrected chi connectivity index (χ0v) is 13.5. The monoisotopic (exact) mass is 361 g/mol. The van der Waals surface area contributed by atoms with Gasteiger partial charge < -0.3 is 15.0 Å². The van der Waals surface area contributed by atoms with Crippen LogP contribution in [0.15, 0.2) is 28.9 Å². The van der Waals surface area contributed by atoms with E-state index >= 15 is 0 Å². The number of ether oxygens (including phenoxy) is 1. The van der Waals surface area contributed by atoms with Gasteiger partial charge >= 0.3 is 5.97 Å². The van der Waals surface area contributed by atoms with Crippen molar-refractivity contribution in [1.29, 1.82) is 5.26 Å². The Morgan fingerprint density at radius 2 is 2.09 bits per heavy atom. The van der Waals surface area contributed by atoms with Gasteiger partial charge in [0.1, 0.15) is 6.07 Å². The maximum atomic E-state index is 12.0. The molecule has 6 nitrogen and oxygen atoms in total. The Kier molecular flexibility index (Phi) is 4.33. The molecular weight excluding hydrogens is 350 g/mol. The first-order valence-electron chi connectivity index (χ1n) is 6.21. The van der Waals surface area contributed by atoms with Crippen molar-refractivity contribution in [2.24, 2.45) is 0 Å². The number of carbonyl (C=O) groups excluding carboxylic acids is 2. The van der Waals surface area contributed by atoms with Gasteiger partial charge in [0.2, 0.25) is 0 Å². The molecule has 0 bridgehead atoms. The van der Waals surface area contributed by atoms with Crippen LogP contribution in [0.1, 0.15) is 33.3 Å². The third-order valence-corrected chi connectivity index (χ3v) is 3.79. The standard InChI is InChI=1S/C15H12BrN3O3/c1-8(20)10-4-3-5-11(16)13(10)19-7-9(6-17)12(18)14(19)15(21)22-2/h3-5,7H,18H2,1-2H3. The van der Waals surface area contributed by atoms with Gasteiger partial charge in [-0.05, 0) is 35.0 Å². The van der Waals surface area contributed by atoms with Gasteiger partial charge in [-0.15, -0.1) is 0 Å². The molecule has 0 saturated heterocycles. The number of nitriles is 1. The van der Waals surface area contributed by atoms with E-state index in [2.05, 4.69) is 15.9 Å². The Hall–Kier alpha value is -2.59. The number of nitrogen functional groups attached to an aromatic ring is 1. The maximum Gasteiger partial charge on any atom is 0.357 e. The average molecular weight is 362 g/mol. The first-order chi connectivity index (χ1) is 10.4. The van der Waals surface area contributed by atoms with E-state index in [9.17, 15) is 9.59 Å². The summed E-state index contributed by atoms with van der Waals surface area (Å²) in [7, 11) is 1.22. The molecule has 0 aliphatic rings. The van der Waals surface area contributed by atoms with Crippen molar-refractivity contribution in [3.05, 3.63) is 45.7 Å². The van der Waals surface area contributed by atoms with Crippen molar-refractivity contribution >= 4 is 33.4 Å². The number of rotatable bonds is 3. The Labute approximate surface area is 135 Å². The van der Waals surface area contributed by atoms with Crippen molar-refractivity contribution < 1.29 is 14.3 Å². The summed E-state index contributed by atoms with van der Waals surface area (Å²) in [5.41, 5.74) is 6.83. The van der Waals surface area contributed by atoms with E-state index in [4.69, 9.17) is 15.7 Å². The fraction of sp³-hybridized carbons (Fsp3) is 0.133. The zero-order valence-electron chi connectivity index (χ0n) is 11.9. The van der Waals surface area contributed by atoms with Crippen LogP contribution in [-0.2, 0) is 4.74 Å². The highest BCUT2D eigenvalue weighted by Gasteiger charge is 2.24. The molecule has 2 rings (SSSR count). The lowest BCUT2D eigenvalue weighted by atomic mass is 10.1. The molecule has 0 spiro atoms. The zero-order chi connectivity index (χ0) is 16.4. The minimum absolute atomic E-state index is 0.00782. The predicted molar refractivity (Wildman–Crippen MR) is 83.9 cm³/mol. The number of nitrogens with zero attached hydrogens (tertiary/aromatic N) is 2. The SMILES string of the molecule is COC(=O)c1c(N)c(C#N)cn1-c1c(Br)cccc1C(C)=O. The molecule has 1 aromatic carbocycles. The number of carbonyl (C=O) groups is 2. The summed E-state index contributed by atoms with van der Waals surface area (Å²) in [4.78, 5) is 23.9. The molecule has 0 amide bonds. The molecule has 0 aliphatic carbocycles. The topological polar surface area (TPSA) is 98.1 Å². The minimum atomic E-state index is -0.691. The fourth-order valence-corrected chi connectivity index (χ4v) is 2.69. The lowest BCUT2D eigenvalue weighted by Gasteiger charge is -2.13. The van der Waals surface area contributed by atoms with Crippen molar-refractivity contribution in [3.8, 4) is 11.8 Å². The molecule has 2 N–H and O–H groups in total. The van der Waals surface area contributed by atoms with Crippen molar-refractivity contribution in [1.82, 2.24) is 4.57 Å². The average Bonchev–Trinajstić information content (AvgIpc) is 2.82. The molecule has 0 saturated carbocycles. The summed E-state index contributed by atoms with van der Waals surface area (Å²) in [6.07, 6.45) is 1.41. The van der Waals surface area contributed by atoms with Gasteiger partial charge in [-0.3, -0.25) is 4.79 Å². The second kappa shape index (κ2) is 6.03. The Morgan fingerprint density at radius 1 is 1.41 bits per heavy atom. The van der Waals surface area contributed by atoms with E-state index in [0.29, 0.717) is 15.7 Å². The lowest BCUT2D eigenvalue weighted by Crippen LogP contribution is -2.13. The predicted octanol–water partition coefficient (Wildman–Crippen LogP) is 2.68. The number of hydrogen-bond acceptors (Lipinski definition) is 5. The van der Waals surface area contributed by atoms with Crippen LogP contribution in [-0.4, -0.2) is 23.4 Å². The highest BCUT2D eigenvalue weighted by molar-refractivity contribution is 9.10. The van der Waals surface area contributed by atoms with Gasteiger partial charge in [0.25, 0.3) is 0 Å². The van der Waals surface area contributed by atoms with Crippen LogP contribution in [0.3, 0.4) is 0 Å². The summed E-state index contributed by atoms with van der Waals surface area (Å²) in [6.45, 7) is 1.42. The summed E-state index contributed by atoms with van der Waals surface area (Å²) in [5.74, 6) is -0.873. The molecule has 22 heavy (non-hydrogen) atoms. The molecule has 1 heterocycles. The smallest absolute Gasteiger partial charge is 0.357 e. The molecule has 2 aromatic rings. The Bertz CT molecular complexity index is 818. The van der Waals surface area contributed by atoms with Crippen molar-refractivity contribution in [3.63, 3.8) is 0 Å². The highest BCUT2D eigenvalue weighted by Crippen LogP contribution is 2.31. The number of halogens is 1. The van der Waals surface area contributed by atoms with Gasteiger partial charge in [-0.25, -0.2) is 4.79 Å². The molecule has 0 aliphatic heterocycles. The van der Waals surface area contributed by atoms with E-state index in [1.807, 2.05) is 6.07 Å². The largest absolute Gasteiger partial charge is 0.464 e. The van der Waals surface area contributed by atoms with Gasteiger partial charge in [0.05, 0.1) is 24.0 Å². The van der Waals surface area contributed by atoms with Crippen LogP contribution in [0.2, 0.25) is 0 Å². The van der Waals surface area contributed by atoms with E-state index < -0.39 is 5.97 Å². The molecule has 0 radical (unpaired) electrons. The number of nitrogens with two attached hydrogens (primary N) is 1. The van der Waals surface area contributed by atoms with Crippen LogP contribution >= 0.6 is 15.9 Å². The van der Waals surface area contributed by atoms with Crippen molar-refractivity contribution in [2.45, 2.75) is 6.92 Å². The van der Waals surface area contributed by atoms with Gasteiger partial charge in [-0.1, -0.05) is 6.07 Å². The molecule has 0 atom stereocenters. The molecule has 7 heteroatoms. The number of anilines is 1. The molecule has 1 aromatic heterocycles. The molecule has 0 unspecified atom stereocenters. The summed E-state index contributed by atoms with van der Waals surface area (Å²) in [6, 6.07) is 6.99. The van der Waals surface area contributed by atoms with E-state index in [-0.39, 0.29) is 22.7 Å². The summed E-state index contributed by atoms with van der Waals surface area (Å²) in [5, 5.41) is 9.13. The molecular formula is C15H12BrN3O3. The van der Waals surface area contributed by atoms with Crippen LogP contribution in [0.25, 0.3) is 5.69 Å². The van der Waals surface area contributed by atoms with Crippen LogP contribution in [0.4, 0.5) is 5.69 Å². The van der Waals surface area contributed by atoms with E-state index in [0.717, 1.165) is 0 Å². The van der Waals surface area contributed by atoms with Crippen LogP contribution in [0.5, 0.6) is 0 Å². The minimum Gasteiger partial charge on any atom is -0.464 e. The van der Waals surface area contributed by atoms with Gasteiger partial charge in [0, 0.05) is 16.2 Å². The summed E-state index contributed by atoms with van der Waals surface area (Å²) < 4.78 is 6.72. The number of ketones is 1. The van der Waals surface area contributed by atoms with E-state index in [1.165, 1.54) is 24.8 Å². The highest BCUT2D eigenvalue weighted by atomic mass is 79.9. The second-order valence-corrected chi connectivity index (χ2v) is 5.32. The van der Waals surface area contributed by atoms with Crippen LogP contribution in [0, 0.1) is 11.3 Å². The third kappa shape index (κ3) is 2.49. The van der Waals surface area contributed by atoms with Crippen LogP contribution < -0.4 is 5.73 Å². The Balaban J connectivity index is 2.88. The second-order valence-electron chi connectivity index (χ2n) is 4.47. The lowest BCUT2D eigenvalue weighted by molar-refractivity contribution is 0.0592. The normalized spacial score (nSPS) is 10.1. The number of para-hydroxylation sites is 1. The van der Waals surface area contributed by atoms with Crippen molar-refractivity contribution in [2.75, 3.05) is 12.8 Å². The number of methoxy groups -OCH3 is 1. The van der Waals surface area contributed by atoms with E-state index in [1.54, 1.807) is 18.2 Å². The quantitative estimate of drug-likeness (QED) is 0.669. The first-order valence-corrected chi connectivity index (χ1v) is 7.00. The third-order valence-electron chi connectivity index (χ3n) is 3.15. The number of aromatic nitrogens is 1. The maximum absolute atomic E-state index is 12.0. The number of benzene rings is 1. The van der Waals surface area contributed by atoms with Gasteiger partial charge in [-0.2, -0.15) is 5.26 Å². The summed E-state index contributed by atoms with van der Waals surface area (Å²) >= 11 is 3.36.